The summed E-state index contributed by atoms with van der Waals surface area (Å²) in [7, 11) is 0.353. The van der Waals surface area contributed by atoms with Crippen molar-refractivity contribution in [3.63, 3.8) is 0 Å². The van der Waals surface area contributed by atoms with Crippen LogP contribution < -0.4 is 14.4 Å². The van der Waals surface area contributed by atoms with E-state index in [-0.39, 0.29) is 24.9 Å². The minimum Gasteiger partial charge on any atom is -0.497 e. The van der Waals surface area contributed by atoms with Gasteiger partial charge in [-0.25, -0.2) is 4.31 Å². The number of benzene rings is 3. The number of hydrogen-bond acceptors (Lipinski definition) is 5. The van der Waals surface area contributed by atoms with Crippen LogP contribution in [0.4, 0.5) is 5.69 Å². The van der Waals surface area contributed by atoms with Gasteiger partial charge in [-0.2, -0.15) is 12.7 Å². The van der Waals surface area contributed by atoms with Gasteiger partial charge in [-0.3, -0.25) is 9.59 Å². The lowest BCUT2D eigenvalue weighted by Gasteiger charge is -2.35. The number of nitrogens with one attached hydrogen (secondary N) is 1. The zero-order valence-corrected chi connectivity index (χ0v) is 26.3. The van der Waals surface area contributed by atoms with E-state index in [1.54, 1.807) is 32.2 Å². The Morgan fingerprint density at radius 3 is 2.19 bits per heavy atom. The van der Waals surface area contributed by atoms with Gasteiger partial charge in [0.1, 0.15) is 18.3 Å². The van der Waals surface area contributed by atoms with Crippen LogP contribution in [0.15, 0.2) is 72.8 Å². The normalized spacial score (nSPS) is 12.2. The van der Waals surface area contributed by atoms with Gasteiger partial charge in [0, 0.05) is 33.1 Å². The van der Waals surface area contributed by atoms with Crippen molar-refractivity contribution in [2.75, 3.05) is 32.1 Å². The molecule has 0 saturated heterocycles. The highest BCUT2D eigenvalue weighted by atomic mass is 32.2. The van der Waals surface area contributed by atoms with Crippen molar-refractivity contribution in [2.24, 2.45) is 0 Å². The Kier molecular flexibility index (Phi) is 11.1. The van der Waals surface area contributed by atoms with Crippen molar-refractivity contribution >= 4 is 27.7 Å². The largest absolute Gasteiger partial charge is 0.497 e. The summed E-state index contributed by atoms with van der Waals surface area (Å²) in [6, 6.07) is 21.1. The standard InChI is InChI=1S/C32H42N4O5S/c1-23(2)33-32(38)30(20-26-12-9-8-10-13-26)35(21-27-14-11-15-28(19-27)41-7)31(37)22-36(42(39,40)34(5)6)29-18-24(3)16-17-25(29)4/h8-19,23,30H,20-22H2,1-7H3,(H,33,38)/t30-/m0/s1. The summed E-state index contributed by atoms with van der Waals surface area (Å²) < 4.78 is 34.8. The van der Waals surface area contributed by atoms with Crippen LogP contribution in [0.1, 0.15) is 36.1 Å². The van der Waals surface area contributed by atoms with E-state index >= 15 is 0 Å². The van der Waals surface area contributed by atoms with Crippen molar-refractivity contribution < 1.29 is 22.7 Å². The molecule has 0 aliphatic carbocycles. The Balaban J connectivity index is 2.14. The van der Waals surface area contributed by atoms with Crippen molar-refractivity contribution in [3.8, 4) is 5.75 Å². The third-order valence-electron chi connectivity index (χ3n) is 6.84. The minimum atomic E-state index is -4.07. The summed E-state index contributed by atoms with van der Waals surface area (Å²) in [5, 5.41) is 2.96. The topological polar surface area (TPSA) is 99.3 Å². The second-order valence-corrected chi connectivity index (χ2v) is 12.9. The zero-order chi connectivity index (χ0) is 31.0. The highest BCUT2D eigenvalue weighted by molar-refractivity contribution is 7.90. The molecule has 3 aromatic carbocycles. The lowest BCUT2D eigenvalue weighted by molar-refractivity contribution is -0.140. The lowest BCUT2D eigenvalue weighted by Crippen LogP contribution is -2.55. The quantitative estimate of drug-likeness (QED) is 0.322. The van der Waals surface area contributed by atoms with Crippen molar-refractivity contribution in [1.82, 2.24) is 14.5 Å². The van der Waals surface area contributed by atoms with Gasteiger partial charge in [-0.1, -0.05) is 54.6 Å². The van der Waals surface area contributed by atoms with Crippen molar-refractivity contribution in [2.45, 2.75) is 52.7 Å². The number of amides is 2. The van der Waals surface area contributed by atoms with Gasteiger partial charge in [-0.15, -0.1) is 0 Å². The second kappa shape index (κ2) is 14.3. The van der Waals surface area contributed by atoms with Crippen LogP contribution in [0.25, 0.3) is 0 Å². The number of anilines is 1. The van der Waals surface area contributed by atoms with E-state index in [1.807, 2.05) is 75.4 Å². The fourth-order valence-corrected chi connectivity index (χ4v) is 5.71. The summed E-state index contributed by atoms with van der Waals surface area (Å²) in [5.74, 6) is -0.221. The molecule has 0 aliphatic rings. The number of methoxy groups -OCH3 is 1. The molecule has 0 saturated carbocycles. The van der Waals surface area contributed by atoms with Crippen molar-refractivity contribution in [3.05, 3.63) is 95.1 Å². The molecule has 3 aromatic rings. The average Bonchev–Trinajstić information content (AvgIpc) is 2.95. The predicted octanol–water partition coefficient (Wildman–Crippen LogP) is 4.09. The minimum absolute atomic E-state index is 0.0711. The first-order chi connectivity index (χ1) is 19.8. The first-order valence-corrected chi connectivity index (χ1v) is 15.3. The Hall–Kier alpha value is -3.89. The Morgan fingerprint density at radius 2 is 1.57 bits per heavy atom. The van der Waals surface area contributed by atoms with Crippen LogP contribution in [0.5, 0.6) is 5.75 Å². The second-order valence-electron chi connectivity index (χ2n) is 10.8. The molecule has 0 bridgehead atoms. The molecule has 0 heterocycles. The fraction of sp³-hybridized carbons (Fsp3) is 0.375. The highest BCUT2D eigenvalue weighted by Crippen LogP contribution is 2.26. The Labute approximate surface area is 250 Å². The molecule has 1 atom stereocenters. The van der Waals surface area contributed by atoms with E-state index in [4.69, 9.17) is 4.74 Å². The van der Waals surface area contributed by atoms with Gasteiger partial charge < -0.3 is 15.0 Å². The van der Waals surface area contributed by atoms with E-state index < -0.39 is 28.7 Å². The van der Waals surface area contributed by atoms with Crippen LogP contribution in [-0.2, 0) is 32.8 Å². The van der Waals surface area contributed by atoms with Crippen LogP contribution in [0.2, 0.25) is 0 Å². The number of ether oxygens (including phenoxy) is 1. The van der Waals surface area contributed by atoms with E-state index in [0.717, 1.165) is 25.3 Å². The molecule has 0 unspecified atom stereocenters. The van der Waals surface area contributed by atoms with Gasteiger partial charge in [-0.05, 0) is 68.1 Å². The van der Waals surface area contributed by atoms with Crippen LogP contribution in [-0.4, -0.2) is 69.3 Å². The maximum atomic E-state index is 14.4. The van der Waals surface area contributed by atoms with Gasteiger partial charge in [0.25, 0.3) is 0 Å². The maximum Gasteiger partial charge on any atom is 0.304 e. The zero-order valence-electron chi connectivity index (χ0n) is 25.5. The first-order valence-electron chi connectivity index (χ1n) is 13.9. The summed E-state index contributed by atoms with van der Waals surface area (Å²) in [4.78, 5) is 29.5. The molecule has 1 N–H and O–H groups in total. The van der Waals surface area contributed by atoms with Crippen LogP contribution in [0, 0.1) is 13.8 Å². The van der Waals surface area contributed by atoms with E-state index in [2.05, 4.69) is 5.32 Å². The molecule has 3 rings (SSSR count). The molecule has 0 aromatic heterocycles. The third kappa shape index (κ3) is 8.33. The number of nitrogens with zero attached hydrogens (tertiary/aromatic N) is 3. The number of carbonyl (C=O) groups is 2. The molecule has 2 amide bonds. The van der Waals surface area contributed by atoms with E-state index in [0.29, 0.717) is 17.0 Å². The average molecular weight is 595 g/mol. The molecule has 9 nitrogen and oxygen atoms in total. The third-order valence-corrected chi connectivity index (χ3v) is 8.65. The molecular formula is C32H42N4O5S. The highest BCUT2D eigenvalue weighted by Gasteiger charge is 2.35. The number of aryl methyl sites for hydroxylation is 2. The first kappa shape index (κ1) is 32.6. The lowest BCUT2D eigenvalue weighted by atomic mass is 10.0. The molecule has 0 radical (unpaired) electrons. The summed E-state index contributed by atoms with van der Waals surface area (Å²) >= 11 is 0. The Bertz CT molecular complexity index is 1480. The molecule has 0 aliphatic heterocycles. The molecular weight excluding hydrogens is 552 g/mol. The fourth-order valence-electron chi connectivity index (χ4n) is 4.59. The predicted molar refractivity (Wildman–Crippen MR) is 167 cm³/mol. The van der Waals surface area contributed by atoms with Crippen molar-refractivity contribution in [1.29, 1.82) is 0 Å². The molecule has 0 spiro atoms. The SMILES string of the molecule is COc1cccc(CN(C(=O)CN(c2cc(C)ccc2C)S(=O)(=O)N(C)C)[C@@H](Cc2ccccc2)C(=O)NC(C)C)c1. The molecule has 226 valence electrons. The van der Waals surface area contributed by atoms with E-state index in [9.17, 15) is 18.0 Å². The summed E-state index contributed by atoms with van der Waals surface area (Å²) in [6.07, 6.45) is 0.249. The smallest absolute Gasteiger partial charge is 0.304 e. The molecule has 0 fully saturated rings. The number of hydrogen-bond donors (Lipinski definition) is 1. The molecule has 42 heavy (non-hydrogen) atoms. The number of rotatable bonds is 13. The van der Waals surface area contributed by atoms with E-state index in [1.165, 1.54) is 19.0 Å². The van der Waals surface area contributed by atoms with Crippen LogP contribution >= 0.6 is 0 Å². The maximum absolute atomic E-state index is 14.4. The Morgan fingerprint density at radius 1 is 0.905 bits per heavy atom. The number of carbonyl (C=O) groups excluding carboxylic acids is 2. The molecule has 10 heteroatoms. The van der Waals surface area contributed by atoms with Gasteiger partial charge in [0.05, 0.1) is 12.8 Å². The van der Waals surface area contributed by atoms with Gasteiger partial charge in [0.2, 0.25) is 11.8 Å². The van der Waals surface area contributed by atoms with Crippen LogP contribution in [0.3, 0.4) is 0 Å². The van der Waals surface area contributed by atoms with Gasteiger partial charge in [0.15, 0.2) is 0 Å². The monoisotopic (exact) mass is 594 g/mol. The van der Waals surface area contributed by atoms with Gasteiger partial charge >= 0.3 is 10.2 Å². The summed E-state index contributed by atoms with van der Waals surface area (Å²) in [6.45, 7) is 6.97. The summed E-state index contributed by atoms with van der Waals surface area (Å²) in [5.41, 5.74) is 3.58.